The lowest BCUT2D eigenvalue weighted by Crippen LogP contribution is -2.22. The van der Waals surface area contributed by atoms with Gasteiger partial charge in [0.25, 0.3) is 0 Å². The van der Waals surface area contributed by atoms with Crippen molar-refractivity contribution in [3.05, 3.63) is 28.8 Å². The van der Waals surface area contributed by atoms with Crippen LogP contribution in [0, 0.1) is 18.8 Å². The minimum Gasteiger partial charge on any atom is -0.481 e. The van der Waals surface area contributed by atoms with E-state index in [-0.39, 0.29) is 11.8 Å². The molecule has 1 amide bonds. The van der Waals surface area contributed by atoms with Gasteiger partial charge < -0.3 is 10.4 Å². The number of aliphatic carboxylic acids is 1. The predicted octanol–water partition coefficient (Wildman–Crippen LogP) is 3.09. The molecule has 0 heterocycles. The van der Waals surface area contributed by atoms with Gasteiger partial charge in [-0.05, 0) is 43.9 Å². The van der Waals surface area contributed by atoms with E-state index in [0.717, 1.165) is 5.56 Å². The van der Waals surface area contributed by atoms with Crippen molar-refractivity contribution in [2.75, 3.05) is 5.32 Å². The normalized spacial score (nSPS) is 22.2. The molecule has 2 rings (SSSR count). The van der Waals surface area contributed by atoms with Crippen LogP contribution in [0.15, 0.2) is 18.2 Å². The van der Waals surface area contributed by atoms with Gasteiger partial charge in [0.2, 0.25) is 5.91 Å². The molecule has 0 spiro atoms. The minimum absolute atomic E-state index is 0.117. The number of nitrogens with one attached hydrogen (secondary N) is 1. The van der Waals surface area contributed by atoms with Gasteiger partial charge in [0.1, 0.15) is 0 Å². The van der Waals surface area contributed by atoms with E-state index < -0.39 is 11.9 Å². The number of rotatable bonds is 3. The maximum Gasteiger partial charge on any atom is 0.306 e. The third-order valence-corrected chi connectivity index (χ3v) is 3.85. The molecule has 4 nitrogen and oxygen atoms in total. The highest BCUT2D eigenvalue weighted by Gasteiger charge is 2.33. The Balaban J connectivity index is 2.02. The number of hydrogen-bond acceptors (Lipinski definition) is 2. The average molecular weight is 282 g/mol. The molecule has 1 aromatic carbocycles. The summed E-state index contributed by atoms with van der Waals surface area (Å²) in [5.74, 6) is -1.54. The second-order valence-corrected chi connectivity index (χ2v) is 5.43. The summed E-state index contributed by atoms with van der Waals surface area (Å²) in [5.41, 5.74) is 1.63. The van der Waals surface area contributed by atoms with Gasteiger partial charge in [0.15, 0.2) is 0 Å². The fraction of sp³-hybridized carbons (Fsp3) is 0.429. The number of aryl methyl sites for hydroxylation is 1. The Labute approximate surface area is 116 Å². The number of hydrogen-bond donors (Lipinski definition) is 2. The molecule has 1 saturated carbocycles. The molecule has 1 fully saturated rings. The lowest BCUT2D eigenvalue weighted by molar-refractivity contribution is -0.141. The van der Waals surface area contributed by atoms with Crippen LogP contribution in [0.2, 0.25) is 5.02 Å². The first kappa shape index (κ1) is 13.9. The number of carboxylic acid groups (broad SMARTS) is 1. The third kappa shape index (κ3) is 3.26. The molecule has 1 aromatic rings. The van der Waals surface area contributed by atoms with E-state index in [4.69, 9.17) is 16.7 Å². The van der Waals surface area contributed by atoms with E-state index in [1.54, 1.807) is 12.1 Å². The molecule has 1 aliphatic rings. The predicted molar refractivity (Wildman–Crippen MR) is 73.3 cm³/mol. The van der Waals surface area contributed by atoms with Gasteiger partial charge >= 0.3 is 5.97 Å². The molecule has 0 saturated heterocycles. The number of carbonyl (C=O) groups is 2. The quantitative estimate of drug-likeness (QED) is 0.895. The van der Waals surface area contributed by atoms with Crippen LogP contribution in [0.4, 0.5) is 5.69 Å². The van der Waals surface area contributed by atoms with Crippen molar-refractivity contribution in [2.45, 2.75) is 26.2 Å². The van der Waals surface area contributed by atoms with E-state index in [9.17, 15) is 9.59 Å². The molecule has 0 radical (unpaired) electrons. The van der Waals surface area contributed by atoms with Gasteiger partial charge in [0.05, 0.1) is 5.92 Å². The van der Waals surface area contributed by atoms with Gasteiger partial charge in [-0.25, -0.2) is 0 Å². The molecule has 102 valence electrons. The summed E-state index contributed by atoms with van der Waals surface area (Å²) in [4.78, 5) is 23.0. The SMILES string of the molecule is Cc1ccc(Cl)cc1NC(=O)C1CCC(C(=O)O)C1. The summed E-state index contributed by atoms with van der Waals surface area (Å²) in [7, 11) is 0. The van der Waals surface area contributed by atoms with E-state index in [1.165, 1.54) is 0 Å². The number of carbonyl (C=O) groups excluding carboxylic acids is 1. The summed E-state index contributed by atoms with van der Waals surface area (Å²) in [6.45, 7) is 1.89. The van der Waals surface area contributed by atoms with Gasteiger partial charge in [-0.15, -0.1) is 0 Å². The molecular formula is C14H16ClNO3. The van der Waals surface area contributed by atoms with Crippen molar-refractivity contribution in [3.8, 4) is 0 Å². The summed E-state index contributed by atoms with van der Waals surface area (Å²) in [5, 5.41) is 12.3. The van der Waals surface area contributed by atoms with Crippen LogP contribution < -0.4 is 5.32 Å². The molecule has 0 aromatic heterocycles. The first-order chi connectivity index (χ1) is 8.97. The van der Waals surface area contributed by atoms with Gasteiger partial charge in [-0.2, -0.15) is 0 Å². The third-order valence-electron chi connectivity index (χ3n) is 3.61. The summed E-state index contributed by atoms with van der Waals surface area (Å²) >= 11 is 5.90. The Morgan fingerprint density at radius 1 is 1.32 bits per heavy atom. The van der Waals surface area contributed by atoms with Crippen molar-refractivity contribution in [1.82, 2.24) is 0 Å². The number of halogens is 1. The Morgan fingerprint density at radius 3 is 2.63 bits per heavy atom. The fourth-order valence-electron chi connectivity index (χ4n) is 2.41. The van der Waals surface area contributed by atoms with Gasteiger partial charge in [-0.3, -0.25) is 9.59 Å². The van der Waals surface area contributed by atoms with Crippen LogP contribution in [0.3, 0.4) is 0 Å². The molecular weight excluding hydrogens is 266 g/mol. The standard InChI is InChI=1S/C14H16ClNO3/c1-8-2-5-11(15)7-12(8)16-13(17)9-3-4-10(6-9)14(18)19/h2,5,7,9-10H,3-4,6H2,1H3,(H,16,17)(H,18,19). The lowest BCUT2D eigenvalue weighted by atomic mass is 10.0. The maximum absolute atomic E-state index is 12.1. The smallest absolute Gasteiger partial charge is 0.306 e. The second-order valence-electron chi connectivity index (χ2n) is 4.99. The van der Waals surface area contributed by atoms with Crippen molar-refractivity contribution < 1.29 is 14.7 Å². The zero-order valence-electron chi connectivity index (χ0n) is 10.6. The van der Waals surface area contributed by atoms with Crippen LogP contribution in [-0.4, -0.2) is 17.0 Å². The van der Waals surface area contributed by atoms with Crippen molar-refractivity contribution >= 4 is 29.2 Å². The first-order valence-corrected chi connectivity index (χ1v) is 6.65. The first-order valence-electron chi connectivity index (χ1n) is 6.27. The van der Waals surface area contributed by atoms with Crippen molar-refractivity contribution in [2.24, 2.45) is 11.8 Å². The molecule has 0 bridgehead atoms. The summed E-state index contributed by atoms with van der Waals surface area (Å²) < 4.78 is 0. The number of anilines is 1. The largest absolute Gasteiger partial charge is 0.481 e. The second kappa shape index (κ2) is 5.61. The highest BCUT2D eigenvalue weighted by molar-refractivity contribution is 6.31. The van der Waals surface area contributed by atoms with Crippen LogP contribution in [0.25, 0.3) is 0 Å². The van der Waals surface area contributed by atoms with Crippen LogP contribution in [0.1, 0.15) is 24.8 Å². The molecule has 5 heteroatoms. The molecule has 0 aliphatic heterocycles. The van der Waals surface area contributed by atoms with Gasteiger partial charge in [-0.1, -0.05) is 17.7 Å². The zero-order valence-corrected chi connectivity index (χ0v) is 11.4. The van der Waals surface area contributed by atoms with Crippen LogP contribution >= 0.6 is 11.6 Å². The number of amides is 1. The zero-order chi connectivity index (χ0) is 14.0. The molecule has 19 heavy (non-hydrogen) atoms. The summed E-state index contributed by atoms with van der Waals surface area (Å²) in [6, 6.07) is 5.31. The van der Waals surface area contributed by atoms with Crippen LogP contribution in [-0.2, 0) is 9.59 Å². The van der Waals surface area contributed by atoms with E-state index in [1.807, 2.05) is 13.0 Å². The van der Waals surface area contributed by atoms with Crippen molar-refractivity contribution in [3.63, 3.8) is 0 Å². The molecule has 2 atom stereocenters. The minimum atomic E-state index is -0.811. The molecule has 2 N–H and O–H groups in total. The Bertz CT molecular complexity index is 515. The molecule has 1 aliphatic carbocycles. The topological polar surface area (TPSA) is 66.4 Å². The Kier molecular flexibility index (Phi) is 4.10. The highest BCUT2D eigenvalue weighted by Crippen LogP contribution is 2.32. The monoisotopic (exact) mass is 281 g/mol. The summed E-state index contributed by atoms with van der Waals surface area (Å²) in [6.07, 6.45) is 1.62. The van der Waals surface area contributed by atoms with E-state index >= 15 is 0 Å². The average Bonchev–Trinajstić information content (AvgIpc) is 2.83. The van der Waals surface area contributed by atoms with E-state index in [0.29, 0.717) is 30.0 Å². The van der Waals surface area contributed by atoms with Crippen molar-refractivity contribution in [1.29, 1.82) is 0 Å². The van der Waals surface area contributed by atoms with Crippen LogP contribution in [0.5, 0.6) is 0 Å². The maximum atomic E-state index is 12.1. The Hall–Kier alpha value is -1.55. The molecule has 2 unspecified atom stereocenters. The highest BCUT2D eigenvalue weighted by atomic mass is 35.5. The Morgan fingerprint density at radius 2 is 2.00 bits per heavy atom. The lowest BCUT2D eigenvalue weighted by Gasteiger charge is -2.13. The number of benzene rings is 1. The van der Waals surface area contributed by atoms with Gasteiger partial charge in [0, 0.05) is 16.6 Å². The van der Waals surface area contributed by atoms with E-state index in [2.05, 4.69) is 5.32 Å². The number of carboxylic acids is 1. The fourth-order valence-corrected chi connectivity index (χ4v) is 2.58.